The first-order valence-electron chi connectivity index (χ1n) is 7.75. The number of Topliss-reactive ketones (excluding diaryl/α,β-unsaturated/α-hetero) is 2. The molecule has 1 rings (SSSR count). The average Bonchev–Trinajstić information content (AvgIpc) is 2.72. The van der Waals surface area contributed by atoms with E-state index in [-0.39, 0.29) is 17.9 Å². The number of rotatable bonds is 7. The van der Waals surface area contributed by atoms with Gasteiger partial charge in [-0.3, -0.25) is 14.5 Å². The Balaban J connectivity index is 2.79. The van der Waals surface area contributed by atoms with Crippen LogP contribution in [0.25, 0.3) is 0 Å². The van der Waals surface area contributed by atoms with Crippen molar-refractivity contribution in [3.63, 3.8) is 0 Å². The molecule has 1 fully saturated rings. The van der Waals surface area contributed by atoms with E-state index in [2.05, 4.69) is 25.7 Å². The maximum Gasteiger partial charge on any atom is 0.150 e. The Labute approximate surface area is 117 Å². The summed E-state index contributed by atoms with van der Waals surface area (Å²) < 4.78 is 0. The molecule has 3 atom stereocenters. The molecule has 0 spiro atoms. The van der Waals surface area contributed by atoms with Gasteiger partial charge in [-0.25, -0.2) is 0 Å². The predicted molar refractivity (Wildman–Crippen MR) is 78.1 cm³/mol. The van der Waals surface area contributed by atoms with E-state index in [0.29, 0.717) is 24.0 Å². The summed E-state index contributed by atoms with van der Waals surface area (Å²) in [5.41, 5.74) is 0. The second kappa shape index (κ2) is 7.18. The van der Waals surface area contributed by atoms with E-state index in [1.54, 1.807) is 6.92 Å². The molecule has 3 nitrogen and oxygen atoms in total. The van der Waals surface area contributed by atoms with Crippen LogP contribution in [0, 0.1) is 11.8 Å². The number of carbonyl (C=O) groups is 2. The number of hydrogen-bond donors (Lipinski definition) is 0. The van der Waals surface area contributed by atoms with Gasteiger partial charge in [-0.2, -0.15) is 0 Å². The summed E-state index contributed by atoms with van der Waals surface area (Å²) in [5, 5.41) is 0. The fraction of sp³-hybridized carbons (Fsp3) is 0.875. The van der Waals surface area contributed by atoms with Gasteiger partial charge in [-0.05, 0) is 31.7 Å². The second-order valence-corrected chi connectivity index (χ2v) is 5.97. The first kappa shape index (κ1) is 16.4. The van der Waals surface area contributed by atoms with Crippen molar-refractivity contribution in [2.45, 2.75) is 72.4 Å². The number of hydrogen-bond acceptors (Lipinski definition) is 3. The first-order chi connectivity index (χ1) is 8.96. The molecular formula is C16H29NO2. The van der Waals surface area contributed by atoms with Crippen LogP contribution in [0.15, 0.2) is 0 Å². The van der Waals surface area contributed by atoms with E-state index in [0.717, 1.165) is 25.8 Å². The zero-order valence-electron chi connectivity index (χ0n) is 13.1. The van der Waals surface area contributed by atoms with Crippen molar-refractivity contribution in [3.05, 3.63) is 0 Å². The molecule has 3 heteroatoms. The maximum absolute atomic E-state index is 12.6. The van der Waals surface area contributed by atoms with Gasteiger partial charge < -0.3 is 0 Å². The molecule has 1 saturated heterocycles. The van der Waals surface area contributed by atoms with Crippen LogP contribution in [0.4, 0.5) is 0 Å². The molecule has 0 bridgehead atoms. The molecular weight excluding hydrogens is 238 g/mol. The summed E-state index contributed by atoms with van der Waals surface area (Å²) in [6, 6.07) is -0.0878. The van der Waals surface area contributed by atoms with Crippen LogP contribution in [0.5, 0.6) is 0 Å². The van der Waals surface area contributed by atoms with Crippen LogP contribution in [0.2, 0.25) is 0 Å². The van der Waals surface area contributed by atoms with Gasteiger partial charge in [-0.1, -0.05) is 40.5 Å². The minimum absolute atomic E-state index is 0.0421. The van der Waals surface area contributed by atoms with Crippen LogP contribution >= 0.6 is 0 Å². The lowest BCUT2D eigenvalue weighted by atomic mass is 9.89. The smallest absolute Gasteiger partial charge is 0.150 e. The minimum atomic E-state index is -0.0457. The predicted octanol–water partition coefficient (Wildman–Crippen LogP) is 3.07. The molecule has 1 aliphatic rings. The Morgan fingerprint density at radius 1 is 1.21 bits per heavy atom. The van der Waals surface area contributed by atoms with Gasteiger partial charge in [0.2, 0.25) is 0 Å². The van der Waals surface area contributed by atoms with Crippen LogP contribution in [0.3, 0.4) is 0 Å². The van der Waals surface area contributed by atoms with E-state index in [4.69, 9.17) is 0 Å². The molecule has 0 aromatic rings. The van der Waals surface area contributed by atoms with Crippen LogP contribution in [-0.4, -0.2) is 35.1 Å². The van der Waals surface area contributed by atoms with Crippen molar-refractivity contribution in [2.24, 2.45) is 11.8 Å². The number of carbonyl (C=O) groups excluding carboxylic acids is 2. The van der Waals surface area contributed by atoms with Crippen molar-refractivity contribution in [2.75, 3.05) is 6.54 Å². The Hall–Kier alpha value is -0.700. The van der Waals surface area contributed by atoms with Gasteiger partial charge in [0, 0.05) is 6.42 Å². The van der Waals surface area contributed by atoms with E-state index in [1.807, 2.05) is 6.92 Å². The van der Waals surface area contributed by atoms with Crippen molar-refractivity contribution in [1.82, 2.24) is 4.90 Å². The highest BCUT2D eigenvalue weighted by molar-refractivity contribution is 5.88. The summed E-state index contributed by atoms with van der Waals surface area (Å²) in [4.78, 5) is 26.4. The summed E-state index contributed by atoms with van der Waals surface area (Å²) in [6.07, 6.45) is 3.63. The standard InChI is InChI=1S/C16H29NO2/c1-6-13(7-2)10-15(19)16-11(4)9-14(12(5)18)17(16)8-3/h11,13-14,16H,6-10H2,1-5H3/t11-,14-,16-/m1/s1. The van der Waals surface area contributed by atoms with Crippen LogP contribution < -0.4 is 0 Å². The summed E-state index contributed by atoms with van der Waals surface area (Å²) in [6.45, 7) is 10.9. The highest BCUT2D eigenvalue weighted by Crippen LogP contribution is 2.32. The van der Waals surface area contributed by atoms with E-state index in [9.17, 15) is 9.59 Å². The third-order valence-corrected chi connectivity index (χ3v) is 4.70. The molecule has 0 aromatic carbocycles. The lowest BCUT2D eigenvalue weighted by molar-refractivity contribution is -0.127. The number of nitrogens with zero attached hydrogens (tertiary/aromatic N) is 1. The number of likely N-dealkylation sites (N-methyl/N-ethyl adjacent to an activating group) is 1. The topological polar surface area (TPSA) is 37.4 Å². The Kier molecular flexibility index (Phi) is 6.18. The maximum atomic E-state index is 12.6. The Morgan fingerprint density at radius 3 is 2.21 bits per heavy atom. The molecule has 1 heterocycles. The van der Waals surface area contributed by atoms with Gasteiger partial charge in [0.25, 0.3) is 0 Å². The molecule has 0 aromatic heterocycles. The largest absolute Gasteiger partial charge is 0.298 e. The monoisotopic (exact) mass is 267 g/mol. The molecule has 0 unspecified atom stereocenters. The van der Waals surface area contributed by atoms with E-state index >= 15 is 0 Å². The van der Waals surface area contributed by atoms with Gasteiger partial charge >= 0.3 is 0 Å². The highest BCUT2D eigenvalue weighted by Gasteiger charge is 2.43. The average molecular weight is 267 g/mol. The quantitative estimate of drug-likeness (QED) is 0.711. The first-order valence-corrected chi connectivity index (χ1v) is 7.75. The molecule has 0 N–H and O–H groups in total. The Morgan fingerprint density at radius 2 is 1.79 bits per heavy atom. The van der Waals surface area contributed by atoms with Crippen molar-refractivity contribution < 1.29 is 9.59 Å². The minimum Gasteiger partial charge on any atom is -0.298 e. The SMILES string of the molecule is CCC(CC)CC(=O)[C@H]1[C@H](C)C[C@H](C(C)=O)N1CC. The fourth-order valence-corrected chi connectivity index (χ4v) is 3.44. The molecule has 110 valence electrons. The lowest BCUT2D eigenvalue weighted by Gasteiger charge is -2.28. The number of likely N-dealkylation sites (tertiary alicyclic amines) is 1. The molecule has 0 aliphatic carbocycles. The Bertz CT molecular complexity index is 323. The van der Waals surface area contributed by atoms with Crippen molar-refractivity contribution >= 4 is 11.6 Å². The molecule has 0 radical (unpaired) electrons. The van der Waals surface area contributed by atoms with Crippen LogP contribution in [-0.2, 0) is 9.59 Å². The normalized spacial score (nSPS) is 28.0. The lowest BCUT2D eigenvalue weighted by Crippen LogP contribution is -2.45. The van der Waals surface area contributed by atoms with Gasteiger partial charge in [0.1, 0.15) is 5.78 Å². The van der Waals surface area contributed by atoms with E-state index in [1.165, 1.54) is 0 Å². The van der Waals surface area contributed by atoms with Crippen molar-refractivity contribution in [3.8, 4) is 0 Å². The summed E-state index contributed by atoms with van der Waals surface area (Å²) in [5.74, 6) is 1.34. The zero-order valence-corrected chi connectivity index (χ0v) is 13.1. The van der Waals surface area contributed by atoms with Crippen molar-refractivity contribution in [1.29, 1.82) is 0 Å². The van der Waals surface area contributed by atoms with E-state index < -0.39 is 0 Å². The van der Waals surface area contributed by atoms with Gasteiger partial charge in [0.15, 0.2) is 5.78 Å². The van der Waals surface area contributed by atoms with Crippen LogP contribution in [0.1, 0.15) is 60.3 Å². The molecule has 0 amide bonds. The fourth-order valence-electron chi connectivity index (χ4n) is 3.44. The summed E-state index contributed by atoms with van der Waals surface area (Å²) in [7, 11) is 0. The number of ketones is 2. The highest BCUT2D eigenvalue weighted by atomic mass is 16.1. The van der Waals surface area contributed by atoms with Gasteiger partial charge in [0.05, 0.1) is 12.1 Å². The zero-order chi connectivity index (χ0) is 14.6. The molecule has 0 saturated carbocycles. The van der Waals surface area contributed by atoms with Gasteiger partial charge in [-0.15, -0.1) is 0 Å². The molecule has 1 aliphatic heterocycles. The third-order valence-electron chi connectivity index (χ3n) is 4.70. The molecule has 19 heavy (non-hydrogen) atoms. The summed E-state index contributed by atoms with van der Waals surface area (Å²) >= 11 is 0. The third kappa shape index (κ3) is 3.65. The second-order valence-electron chi connectivity index (χ2n) is 5.97.